The van der Waals surface area contributed by atoms with Gasteiger partial charge in [-0.25, -0.2) is 4.98 Å². The van der Waals surface area contributed by atoms with E-state index in [1.165, 1.54) is 5.56 Å². The fourth-order valence-corrected chi connectivity index (χ4v) is 2.30. The van der Waals surface area contributed by atoms with Gasteiger partial charge in [-0.05, 0) is 38.3 Å². The van der Waals surface area contributed by atoms with E-state index in [4.69, 9.17) is 16.9 Å². The third-order valence-corrected chi connectivity index (χ3v) is 3.73. The van der Waals surface area contributed by atoms with Gasteiger partial charge in [-0.1, -0.05) is 41.9 Å². The van der Waals surface area contributed by atoms with Gasteiger partial charge in [-0.15, -0.1) is 0 Å². The summed E-state index contributed by atoms with van der Waals surface area (Å²) in [6, 6.07) is 14.0. The molecule has 0 aliphatic carbocycles. The summed E-state index contributed by atoms with van der Waals surface area (Å²) in [6.45, 7) is 4.21. The molecule has 1 aromatic carbocycles. The van der Waals surface area contributed by atoms with Gasteiger partial charge >= 0.3 is 0 Å². The summed E-state index contributed by atoms with van der Waals surface area (Å²) in [5.41, 5.74) is 1.57. The minimum atomic E-state index is -0.166. The maximum absolute atomic E-state index is 9.00. The first kappa shape index (κ1) is 15.3. The third kappa shape index (κ3) is 4.21. The molecule has 0 spiro atoms. The van der Waals surface area contributed by atoms with Crippen molar-refractivity contribution in [2.75, 3.05) is 5.32 Å². The van der Waals surface area contributed by atoms with Crippen LogP contribution in [0.3, 0.4) is 0 Å². The van der Waals surface area contributed by atoms with Gasteiger partial charge < -0.3 is 5.32 Å². The number of hydrogen-bond donors (Lipinski definition) is 1. The minimum absolute atomic E-state index is 0.166. The molecule has 3 nitrogen and oxygen atoms in total. The van der Waals surface area contributed by atoms with Crippen molar-refractivity contribution in [1.29, 1.82) is 5.26 Å². The van der Waals surface area contributed by atoms with E-state index >= 15 is 0 Å². The number of hydrogen-bond acceptors (Lipinski definition) is 3. The molecule has 0 amide bonds. The van der Waals surface area contributed by atoms with Crippen molar-refractivity contribution < 1.29 is 0 Å². The standard InChI is InChI=1S/C17H18ClN3/c1-17(2,10-8-13-6-4-3-5-7-13)21-16-15(18)14(12-19)9-11-20-16/h3-7,9,11H,8,10H2,1-2H3,(H,20,21). The summed E-state index contributed by atoms with van der Waals surface area (Å²) >= 11 is 6.18. The predicted octanol–water partition coefficient (Wildman–Crippen LogP) is 4.43. The number of pyridine rings is 1. The number of nitrogens with one attached hydrogen (secondary N) is 1. The predicted molar refractivity (Wildman–Crippen MR) is 86.4 cm³/mol. The van der Waals surface area contributed by atoms with Gasteiger partial charge in [-0.3, -0.25) is 0 Å². The maximum atomic E-state index is 9.00. The molecule has 2 rings (SSSR count). The summed E-state index contributed by atoms with van der Waals surface area (Å²) in [6.07, 6.45) is 3.50. The van der Waals surface area contributed by atoms with Crippen molar-refractivity contribution in [3.8, 4) is 6.07 Å². The highest BCUT2D eigenvalue weighted by Crippen LogP contribution is 2.27. The molecule has 0 atom stereocenters. The van der Waals surface area contributed by atoms with Crippen LogP contribution in [0.25, 0.3) is 0 Å². The zero-order valence-corrected chi connectivity index (χ0v) is 13.0. The Balaban J connectivity index is 2.06. The van der Waals surface area contributed by atoms with Crippen LogP contribution in [0.5, 0.6) is 0 Å². The Labute approximate surface area is 130 Å². The second kappa shape index (κ2) is 6.60. The highest BCUT2D eigenvalue weighted by Gasteiger charge is 2.20. The number of aryl methyl sites for hydroxylation is 1. The summed E-state index contributed by atoms with van der Waals surface area (Å²) in [4.78, 5) is 4.23. The maximum Gasteiger partial charge on any atom is 0.146 e. The fraction of sp³-hybridized carbons (Fsp3) is 0.294. The fourth-order valence-electron chi connectivity index (χ4n) is 2.10. The molecule has 0 bridgehead atoms. The number of halogens is 1. The number of aromatic nitrogens is 1. The van der Waals surface area contributed by atoms with E-state index in [2.05, 4.69) is 42.4 Å². The average Bonchev–Trinajstić information content (AvgIpc) is 2.48. The molecule has 0 radical (unpaired) electrons. The molecule has 2 aromatic rings. The largest absolute Gasteiger partial charge is 0.364 e. The minimum Gasteiger partial charge on any atom is -0.364 e. The first-order valence-electron chi connectivity index (χ1n) is 6.88. The van der Waals surface area contributed by atoms with Gasteiger partial charge in [0.1, 0.15) is 16.9 Å². The molecule has 0 fully saturated rings. The molecular formula is C17H18ClN3. The molecule has 4 heteroatoms. The highest BCUT2D eigenvalue weighted by molar-refractivity contribution is 6.34. The lowest BCUT2D eigenvalue weighted by atomic mass is 9.95. The smallest absolute Gasteiger partial charge is 0.146 e. The molecule has 21 heavy (non-hydrogen) atoms. The molecule has 1 heterocycles. The van der Waals surface area contributed by atoms with Crippen molar-refractivity contribution in [2.24, 2.45) is 0 Å². The SMILES string of the molecule is CC(C)(CCc1ccccc1)Nc1nccc(C#N)c1Cl. The quantitative estimate of drug-likeness (QED) is 0.888. The Kier molecular flexibility index (Phi) is 4.82. The van der Waals surface area contributed by atoms with E-state index in [-0.39, 0.29) is 5.54 Å². The van der Waals surface area contributed by atoms with E-state index in [0.29, 0.717) is 16.4 Å². The van der Waals surface area contributed by atoms with Gasteiger partial charge in [0, 0.05) is 11.7 Å². The Morgan fingerprint density at radius 1 is 1.24 bits per heavy atom. The number of nitrogens with zero attached hydrogens (tertiary/aromatic N) is 2. The second-order valence-corrected chi connectivity index (χ2v) is 6.01. The second-order valence-electron chi connectivity index (χ2n) is 5.63. The molecule has 1 aromatic heterocycles. The molecule has 0 saturated carbocycles. The van der Waals surface area contributed by atoms with Crippen molar-refractivity contribution in [3.05, 3.63) is 58.7 Å². The number of nitriles is 1. The molecular weight excluding hydrogens is 282 g/mol. The van der Waals surface area contributed by atoms with Gasteiger partial charge in [-0.2, -0.15) is 5.26 Å². The van der Waals surface area contributed by atoms with E-state index in [9.17, 15) is 0 Å². The van der Waals surface area contributed by atoms with Gasteiger partial charge in [0.25, 0.3) is 0 Å². The van der Waals surface area contributed by atoms with Crippen molar-refractivity contribution in [3.63, 3.8) is 0 Å². The van der Waals surface area contributed by atoms with Crippen LogP contribution in [0.4, 0.5) is 5.82 Å². The van der Waals surface area contributed by atoms with Crippen LogP contribution in [0.1, 0.15) is 31.4 Å². The van der Waals surface area contributed by atoms with Crippen LogP contribution in [-0.2, 0) is 6.42 Å². The van der Waals surface area contributed by atoms with E-state index in [1.807, 2.05) is 18.2 Å². The lowest BCUT2D eigenvalue weighted by Gasteiger charge is -2.27. The monoisotopic (exact) mass is 299 g/mol. The van der Waals surface area contributed by atoms with E-state index in [1.54, 1.807) is 12.3 Å². The third-order valence-electron chi connectivity index (χ3n) is 3.35. The zero-order valence-electron chi connectivity index (χ0n) is 12.2. The number of anilines is 1. The van der Waals surface area contributed by atoms with Crippen molar-refractivity contribution in [1.82, 2.24) is 4.98 Å². The molecule has 0 aliphatic heterocycles. The van der Waals surface area contributed by atoms with Crippen LogP contribution in [0.15, 0.2) is 42.6 Å². The lowest BCUT2D eigenvalue weighted by Crippen LogP contribution is -2.32. The molecule has 108 valence electrons. The normalized spacial score (nSPS) is 11.0. The summed E-state index contributed by atoms with van der Waals surface area (Å²) in [7, 11) is 0. The Morgan fingerprint density at radius 3 is 2.62 bits per heavy atom. The van der Waals surface area contributed by atoms with Crippen molar-refractivity contribution in [2.45, 2.75) is 32.2 Å². The highest BCUT2D eigenvalue weighted by atomic mass is 35.5. The molecule has 1 N–H and O–H groups in total. The van der Waals surface area contributed by atoms with Gasteiger partial charge in [0.15, 0.2) is 0 Å². The Hall–Kier alpha value is -2.05. The summed E-state index contributed by atoms with van der Waals surface area (Å²) in [5, 5.41) is 12.7. The van der Waals surface area contributed by atoms with Crippen LogP contribution in [0.2, 0.25) is 5.02 Å². The van der Waals surface area contributed by atoms with E-state index < -0.39 is 0 Å². The zero-order chi connectivity index (χ0) is 15.3. The molecule has 0 saturated heterocycles. The van der Waals surface area contributed by atoms with Crippen molar-refractivity contribution >= 4 is 17.4 Å². The molecule has 0 unspecified atom stereocenters. The number of benzene rings is 1. The van der Waals surface area contributed by atoms with E-state index in [0.717, 1.165) is 12.8 Å². The Morgan fingerprint density at radius 2 is 1.95 bits per heavy atom. The van der Waals surface area contributed by atoms with Crippen LogP contribution >= 0.6 is 11.6 Å². The summed E-state index contributed by atoms with van der Waals surface area (Å²) < 4.78 is 0. The van der Waals surface area contributed by atoms with Crippen LogP contribution in [0, 0.1) is 11.3 Å². The average molecular weight is 300 g/mol. The van der Waals surface area contributed by atoms with Crippen LogP contribution in [-0.4, -0.2) is 10.5 Å². The first-order chi connectivity index (χ1) is 10.0. The lowest BCUT2D eigenvalue weighted by molar-refractivity contribution is 0.516. The van der Waals surface area contributed by atoms with Gasteiger partial charge in [0.05, 0.1) is 5.56 Å². The first-order valence-corrected chi connectivity index (χ1v) is 7.26. The molecule has 0 aliphatic rings. The van der Waals surface area contributed by atoms with Crippen LogP contribution < -0.4 is 5.32 Å². The summed E-state index contributed by atoms with van der Waals surface area (Å²) in [5.74, 6) is 0.564. The Bertz CT molecular complexity index is 645. The topological polar surface area (TPSA) is 48.7 Å². The van der Waals surface area contributed by atoms with Gasteiger partial charge in [0.2, 0.25) is 0 Å². The number of rotatable bonds is 5.